The Bertz CT molecular complexity index is 345. The van der Waals surface area contributed by atoms with E-state index in [-0.39, 0.29) is 24.7 Å². The second-order valence-corrected chi connectivity index (χ2v) is 6.50. The molecule has 2 fully saturated rings. The molecule has 2 aliphatic rings. The Morgan fingerprint density at radius 1 is 1.10 bits per heavy atom. The SMILES string of the molecule is CN(CC1CCNCC1)C(=O)C1CCC(C(F)(F)F)CC1. The van der Waals surface area contributed by atoms with Crippen molar-refractivity contribution in [2.75, 3.05) is 26.7 Å². The molecule has 1 saturated heterocycles. The minimum atomic E-state index is -4.10. The van der Waals surface area contributed by atoms with E-state index in [0.717, 1.165) is 32.5 Å². The molecule has 1 saturated carbocycles. The van der Waals surface area contributed by atoms with Crippen LogP contribution in [0.2, 0.25) is 0 Å². The summed E-state index contributed by atoms with van der Waals surface area (Å²) in [7, 11) is 1.79. The zero-order valence-corrected chi connectivity index (χ0v) is 12.6. The smallest absolute Gasteiger partial charge is 0.345 e. The lowest BCUT2D eigenvalue weighted by Gasteiger charge is -2.33. The standard InChI is InChI=1S/C15H25F3N2O/c1-20(10-11-6-8-19-9-7-11)14(21)12-2-4-13(5-3-12)15(16,17)18/h11-13,19H,2-10H2,1H3. The first kappa shape index (κ1) is 16.6. The first-order valence-corrected chi connectivity index (χ1v) is 7.90. The van der Waals surface area contributed by atoms with Gasteiger partial charge in [0.25, 0.3) is 0 Å². The van der Waals surface area contributed by atoms with E-state index in [0.29, 0.717) is 18.8 Å². The molecule has 1 aliphatic carbocycles. The number of hydrogen-bond donors (Lipinski definition) is 1. The van der Waals surface area contributed by atoms with Crippen LogP contribution in [0.3, 0.4) is 0 Å². The zero-order chi connectivity index (χ0) is 15.5. The zero-order valence-electron chi connectivity index (χ0n) is 12.6. The molecule has 122 valence electrons. The Morgan fingerprint density at radius 2 is 1.67 bits per heavy atom. The highest BCUT2D eigenvalue weighted by Gasteiger charge is 2.42. The predicted molar refractivity (Wildman–Crippen MR) is 74.7 cm³/mol. The lowest BCUT2D eigenvalue weighted by molar-refractivity contribution is -0.185. The van der Waals surface area contributed by atoms with Gasteiger partial charge < -0.3 is 10.2 Å². The molecular weight excluding hydrogens is 281 g/mol. The summed E-state index contributed by atoms with van der Waals surface area (Å²) in [6.45, 7) is 2.71. The van der Waals surface area contributed by atoms with Gasteiger partial charge in [-0.1, -0.05) is 0 Å². The summed E-state index contributed by atoms with van der Waals surface area (Å²) < 4.78 is 37.9. The second-order valence-electron chi connectivity index (χ2n) is 6.50. The molecule has 0 aromatic rings. The number of nitrogens with zero attached hydrogens (tertiary/aromatic N) is 1. The Morgan fingerprint density at radius 3 is 2.19 bits per heavy atom. The number of carbonyl (C=O) groups excluding carboxylic acids is 1. The molecule has 0 spiro atoms. The van der Waals surface area contributed by atoms with Crippen molar-refractivity contribution in [3.63, 3.8) is 0 Å². The van der Waals surface area contributed by atoms with Crippen molar-refractivity contribution < 1.29 is 18.0 Å². The number of piperidine rings is 1. The van der Waals surface area contributed by atoms with E-state index < -0.39 is 12.1 Å². The molecule has 1 heterocycles. The van der Waals surface area contributed by atoms with Crippen LogP contribution in [-0.4, -0.2) is 43.7 Å². The first-order valence-electron chi connectivity index (χ1n) is 7.90. The summed E-state index contributed by atoms with van der Waals surface area (Å²) in [6.07, 6.45) is -1.02. The van der Waals surface area contributed by atoms with Gasteiger partial charge in [0.1, 0.15) is 0 Å². The van der Waals surface area contributed by atoms with Crippen LogP contribution in [-0.2, 0) is 4.79 Å². The van der Waals surface area contributed by atoms with Crippen molar-refractivity contribution in [2.45, 2.75) is 44.7 Å². The van der Waals surface area contributed by atoms with Gasteiger partial charge in [-0.3, -0.25) is 4.79 Å². The molecule has 0 radical (unpaired) electrons. The number of nitrogens with one attached hydrogen (secondary N) is 1. The highest BCUT2D eigenvalue weighted by atomic mass is 19.4. The Kier molecular flexibility index (Phi) is 5.52. The van der Waals surface area contributed by atoms with Gasteiger partial charge in [0.05, 0.1) is 5.92 Å². The molecule has 3 nitrogen and oxygen atoms in total. The molecular formula is C15H25F3N2O. The highest BCUT2D eigenvalue weighted by Crippen LogP contribution is 2.39. The van der Waals surface area contributed by atoms with E-state index in [1.165, 1.54) is 0 Å². The fraction of sp³-hybridized carbons (Fsp3) is 0.933. The quantitative estimate of drug-likeness (QED) is 0.869. The van der Waals surface area contributed by atoms with E-state index in [4.69, 9.17) is 0 Å². The third kappa shape index (κ3) is 4.59. The lowest BCUT2D eigenvalue weighted by Crippen LogP contribution is -2.41. The maximum Gasteiger partial charge on any atom is 0.391 e. The van der Waals surface area contributed by atoms with Crippen molar-refractivity contribution in [1.29, 1.82) is 0 Å². The van der Waals surface area contributed by atoms with Gasteiger partial charge in [0.2, 0.25) is 5.91 Å². The van der Waals surface area contributed by atoms with Crippen molar-refractivity contribution in [1.82, 2.24) is 10.2 Å². The van der Waals surface area contributed by atoms with Crippen molar-refractivity contribution >= 4 is 5.91 Å². The minimum absolute atomic E-state index is 0.0363. The van der Waals surface area contributed by atoms with Crippen LogP contribution in [0.5, 0.6) is 0 Å². The van der Waals surface area contributed by atoms with E-state index in [1.54, 1.807) is 11.9 Å². The van der Waals surface area contributed by atoms with Crippen molar-refractivity contribution in [3.05, 3.63) is 0 Å². The van der Waals surface area contributed by atoms with Crippen molar-refractivity contribution in [2.24, 2.45) is 17.8 Å². The Labute approximate surface area is 124 Å². The summed E-state index contributed by atoms with van der Waals surface area (Å²) in [6, 6.07) is 0. The molecule has 0 atom stereocenters. The number of hydrogen-bond acceptors (Lipinski definition) is 2. The van der Waals surface area contributed by atoms with Crippen LogP contribution >= 0.6 is 0 Å². The predicted octanol–water partition coefficient (Wildman–Crippen LogP) is 2.81. The van der Waals surface area contributed by atoms with Gasteiger partial charge in [0.15, 0.2) is 0 Å². The Balaban J connectivity index is 1.78. The first-order chi connectivity index (χ1) is 9.88. The number of halogens is 3. The van der Waals surface area contributed by atoms with E-state index >= 15 is 0 Å². The van der Waals surface area contributed by atoms with Crippen molar-refractivity contribution in [3.8, 4) is 0 Å². The third-order valence-electron chi connectivity index (χ3n) is 4.91. The maximum absolute atomic E-state index is 12.6. The third-order valence-corrected chi connectivity index (χ3v) is 4.91. The fourth-order valence-electron chi connectivity index (χ4n) is 3.52. The van der Waals surface area contributed by atoms with Crippen LogP contribution in [0.1, 0.15) is 38.5 Å². The normalized spacial score (nSPS) is 28.4. The molecule has 21 heavy (non-hydrogen) atoms. The Hall–Kier alpha value is -0.780. The summed E-state index contributed by atoms with van der Waals surface area (Å²) in [5.74, 6) is -0.868. The summed E-state index contributed by atoms with van der Waals surface area (Å²) in [4.78, 5) is 14.1. The number of carbonyl (C=O) groups is 1. The molecule has 0 unspecified atom stereocenters. The van der Waals surface area contributed by atoms with Crippen LogP contribution in [0.15, 0.2) is 0 Å². The number of rotatable bonds is 3. The van der Waals surface area contributed by atoms with Crippen LogP contribution in [0, 0.1) is 17.8 Å². The van der Waals surface area contributed by atoms with Gasteiger partial charge in [-0.25, -0.2) is 0 Å². The van der Waals surface area contributed by atoms with Gasteiger partial charge in [-0.2, -0.15) is 13.2 Å². The van der Waals surface area contributed by atoms with Gasteiger partial charge in [0, 0.05) is 19.5 Å². The average Bonchev–Trinajstić information content (AvgIpc) is 2.46. The summed E-state index contributed by atoms with van der Waals surface area (Å²) >= 11 is 0. The molecule has 1 N–H and O–H groups in total. The van der Waals surface area contributed by atoms with Gasteiger partial charge >= 0.3 is 6.18 Å². The van der Waals surface area contributed by atoms with E-state index in [1.807, 2.05) is 0 Å². The molecule has 1 amide bonds. The molecule has 0 aromatic carbocycles. The highest BCUT2D eigenvalue weighted by molar-refractivity contribution is 5.78. The topological polar surface area (TPSA) is 32.3 Å². The summed E-state index contributed by atoms with van der Waals surface area (Å²) in [5.41, 5.74) is 0. The monoisotopic (exact) mass is 306 g/mol. The average molecular weight is 306 g/mol. The van der Waals surface area contributed by atoms with Crippen LogP contribution < -0.4 is 5.32 Å². The maximum atomic E-state index is 12.6. The molecule has 6 heteroatoms. The summed E-state index contributed by atoms with van der Waals surface area (Å²) in [5, 5.41) is 3.29. The second kappa shape index (κ2) is 6.99. The largest absolute Gasteiger partial charge is 0.391 e. The van der Waals surface area contributed by atoms with Gasteiger partial charge in [-0.15, -0.1) is 0 Å². The van der Waals surface area contributed by atoms with Gasteiger partial charge in [-0.05, 0) is 57.5 Å². The van der Waals surface area contributed by atoms with E-state index in [2.05, 4.69) is 5.32 Å². The molecule has 2 rings (SSSR count). The number of amides is 1. The van der Waals surface area contributed by atoms with Crippen LogP contribution in [0.4, 0.5) is 13.2 Å². The number of alkyl halides is 3. The molecule has 1 aliphatic heterocycles. The van der Waals surface area contributed by atoms with Crippen LogP contribution in [0.25, 0.3) is 0 Å². The van der Waals surface area contributed by atoms with E-state index in [9.17, 15) is 18.0 Å². The lowest BCUT2D eigenvalue weighted by atomic mass is 9.81. The fourth-order valence-corrected chi connectivity index (χ4v) is 3.52. The molecule has 0 aromatic heterocycles. The molecule has 0 bridgehead atoms. The minimum Gasteiger partial charge on any atom is -0.345 e.